The molecule has 4 fully saturated rings. The van der Waals surface area contributed by atoms with Crippen LogP contribution in [0.3, 0.4) is 0 Å². The van der Waals surface area contributed by atoms with E-state index in [9.17, 15) is 37.8 Å². The molecule has 3 amide bonds. The number of ether oxygens (including phenoxy) is 1. The Bertz CT molecular complexity index is 2490. The first-order valence-corrected chi connectivity index (χ1v) is 20.0. The number of aliphatic hydroxyl groups excluding tert-OH is 1. The minimum Gasteiger partial charge on any atom is -0.506 e. The molecule has 0 saturated carbocycles. The predicted octanol–water partition coefficient (Wildman–Crippen LogP) is 1.78. The fourth-order valence-electron chi connectivity index (χ4n) is 8.48. The van der Waals surface area contributed by atoms with E-state index in [4.69, 9.17) is 4.74 Å². The molecule has 4 aliphatic heterocycles. The van der Waals surface area contributed by atoms with Crippen molar-refractivity contribution in [1.29, 1.82) is 0 Å². The monoisotopic (exact) mass is 815 g/mol. The maximum atomic E-state index is 15.8. The molecule has 4 N–H and O–H groups in total. The fraction of sp³-hybridized carbons (Fsp3) is 0.459. The summed E-state index contributed by atoms with van der Waals surface area (Å²) in [5, 5.41) is 23.6. The van der Waals surface area contributed by atoms with Gasteiger partial charge in [0.25, 0.3) is 11.8 Å². The van der Waals surface area contributed by atoms with Gasteiger partial charge in [-0.05, 0) is 60.7 Å². The summed E-state index contributed by atoms with van der Waals surface area (Å²) in [6.07, 6.45) is -0.357. The molecule has 57 heavy (non-hydrogen) atoms. The maximum absolute atomic E-state index is 15.8. The van der Waals surface area contributed by atoms with Gasteiger partial charge in [0, 0.05) is 44.8 Å². The van der Waals surface area contributed by atoms with Crippen LogP contribution in [-0.2, 0) is 31.6 Å². The topological polar surface area (TPSA) is 196 Å². The number of likely N-dealkylation sites (tertiary alicyclic amines) is 2. The van der Waals surface area contributed by atoms with Gasteiger partial charge in [-0.3, -0.25) is 28.4 Å². The summed E-state index contributed by atoms with van der Waals surface area (Å²) in [6.45, 7) is -0.686. The van der Waals surface area contributed by atoms with Crippen LogP contribution in [0.25, 0.3) is 21.8 Å². The lowest BCUT2D eigenvalue weighted by molar-refractivity contribution is -0.138. The van der Waals surface area contributed by atoms with Crippen LogP contribution in [0.15, 0.2) is 47.3 Å². The number of benzene rings is 3. The van der Waals surface area contributed by atoms with Crippen LogP contribution in [0.4, 0.5) is 18.9 Å². The van der Waals surface area contributed by atoms with Gasteiger partial charge in [-0.15, -0.1) is 0 Å². The highest BCUT2D eigenvalue weighted by Crippen LogP contribution is 2.42. The molecule has 20 heteroatoms. The van der Waals surface area contributed by atoms with E-state index < -0.39 is 76.3 Å². The number of aryl methyl sites for hydroxylation is 1. The van der Waals surface area contributed by atoms with Gasteiger partial charge in [-0.1, -0.05) is 12.1 Å². The number of alkyl halides is 2. The Kier molecular flexibility index (Phi) is 9.63. The summed E-state index contributed by atoms with van der Waals surface area (Å²) in [5.74, 6) is -7.28. The Morgan fingerprint density at radius 2 is 1.74 bits per heavy atom. The molecule has 3 unspecified atom stereocenters. The van der Waals surface area contributed by atoms with Crippen molar-refractivity contribution in [3.8, 4) is 11.5 Å². The van der Waals surface area contributed by atoms with Crippen molar-refractivity contribution in [2.75, 3.05) is 43.6 Å². The Morgan fingerprint density at radius 3 is 2.42 bits per heavy atom. The molecule has 0 bridgehead atoms. The quantitative estimate of drug-likeness (QED) is 0.214. The fourth-order valence-corrected chi connectivity index (χ4v) is 9.65. The number of aromatic nitrogens is 2. The number of nitrogens with one attached hydrogen (secondary N) is 2. The van der Waals surface area contributed by atoms with Crippen molar-refractivity contribution in [2.45, 2.75) is 62.3 Å². The van der Waals surface area contributed by atoms with Gasteiger partial charge in [-0.25, -0.2) is 27.0 Å². The molecule has 0 radical (unpaired) electrons. The summed E-state index contributed by atoms with van der Waals surface area (Å²) in [5.41, 5.74) is 0.143. The molecule has 4 saturated heterocycles. The molecule has 8 rings (SSSR count). The largest absolute Gasteiger partial charge is 0.506 e. The van der Waals surface area contributed by atoms with Crippen LogP contribution in [0, 0.1) is 5.82 Å². The van der Waals surface area contributed by atoms with Gasteiger partial charge < -0.3 is 25.2 Å². The van der Waals surface area contributed by atoms with Crippen molar-refractivity contribution >= 4 is 55.4 Å². The smallest absolute Gasteiger partial charge is 0.329 e. The highest BCUT2D eigenvalue weighted by Gasteiger charge is 2.46. The first-order chi connectivity index (χ1) is 27.0. The van der Waals surface area contributed by atoms with Gasteiger partial charge >= 0.3 is 15.9 Å². The third kappa shape index (κ3) is 7.03. The summed E-state index contributed by atoms with van der Waals surface area (Å²) in [6, 6.07) is 9.66. The van der Waals surface area contributed by atoms with Crippen molar-refractivity contribution in [3.05, 3.63) is 64.3 Å². The molecule has 1 aromatic heterocycles. The first kappa shape index (κ1) is 38.5. The number of phenolic OH excluding ortho intramolecular Hbond substituents is 1. The molecule has 3 atom stereocenters. The lowest BCUT2D eigenvalue weighted by Gasteiger charge is -2.39. The van der Waals surface area contributed by atoms with Crippen molar-refractivity contribution in [1.82, 2.24) is 29.0 Å². The normalized spacial score (nSPS) is 24.2. The molecule has 4 aliphatic rings. The predicted molar refractivity (Wildman–Crippen MR) is 199 cm³/mol. The molecule has 0 spiro atoms. The zero-order chi connectivity index (χ0) is 40.6. The minimum absolute atomic E-state index is 0.0406. The van der Waals surface area contributed by atoms with Gasteiger partial charge in [0.1, 0.15) is 36.1 Å². The second-order valence-corrected chi connectivity index (χ2v) is 16.7. The standard InChI is InChI=1S/C37H40F3N7O9S/c1-43-28-14-21(3-5-26(28)47(36(43)53)27-6-7-30(49)41-35(27)52)25-10-11-44(19-37(25,39)40)18-32(51)45-12-8-22(9-13-45)56-23-4-2-20-15-29(48)34(33(38)24(20)16-23)46-17-31(50)42-57(46,54)55/h2-5,14-16,22,25,27,35,48,52H,6-13,17-19H2,1H3,(H,41,49)(H,42,50). The van der Waals surface area contributed by atoms with Crippen LogP contribution < -0.4 is 24.8 Å². The van der Waals surface area contributed by atoms with E-state index in [1.165, 1.54) is 39.3 Å². The minimum atomic E-state index is -4.39. The zero-order valence-corrected chi connectivity index (χ0v) is 31.5. The van der Waals surface area contributed by atoms with E-state index >= 15 is 13.2 Å². The number of fused-ring (bicyclic) bond motifs is 2. The average Bonchev–Trinajstić information content (AvgIpc) is 3.56. The number of amides is 3. The average molecular weight is 816 g/mol. The van der Waals surface area contributed by atoms with Crippen molar-refractivity contribution < 1.29 is 50.9 Å². The number of hydrogen-bond donors (Lipinski definition) is 4. The Morgan fingerprint density at radius 1 is 0.982 bits per heavy atom. The van der Waals surface area contributed by atoms with Gasteiger partial charge in [0.05, 0.1) is 36.1 Å². The number of aliphatic hydroxyl groups is 1. The van der Waals surface area contributed by atoms with E-state index in [1.807, 2.05) is 0 Å². The van der Waals surface area contributed by atoms with Crippen molar-refractivity contribution in [2.24, 2.45) is 7.05 Å². The highest BCUT2D eigenvalue weighted by molar-refractivity contribution is 7.92. The van der Waals surface area contributed by atoms with Crippen LogP contribution >= 0.6 is 0 Å². The number of anilines is 1. The summed E-state index contributed by atoms with van der Waals surface area (Å²) < 4.78 is 83.0. The Labute approximate surface area is 323 Å². The van der Waals surface area contributed by atoms with Gasteiger partial charge in [0.15, 0.2) is 5.82 Å². The number of imidazole rings is 1. The number of hydrogen-bond acceptors (Lipinski definition) is 10. The van der Waals surface area contributed by atoms with E-state index in [2.05, 4.69) is 5.32 Å². The van der Waals surface area contributed by atoms with Crippen LogP contribution in [-0.4, -0.2) is 113 Å². The molecule has 5 heterocycles. The summed E-state index contributed by atoms with van der Waals surface area (Å²) in [7, 11) is -2.85. The van der Waals surface area contributed by atoms with E-state index in [-0.39, 0.29) is 66.8 Å². The second kappa shape index (κ2) is 14.2. The number of aromatic hydroxyl groups is 1. The van der Waals surface area contributed by atoms with Gasteiger partial charge in [0.2, 0.25) is 11.8 Å². The zero-order valence-electron chi connectivity index (χ0n) is 30.7. The SMILES string of the molecule is Cn1c(=O)n(C2CCC(=O)NC2O)c2ccc(C3CCN(CC(=O)N4CCC(Oc5ccc6cc(O)c(N7CC(=O)NS7(=O)=O)c(F)c6c5)CC4)CC3(F)F)cc21. The second-order valence-electron chi connectivity index (χ2n) is 15.1. The number of rotatable bonds is 7. The molecule has 304 valence electrons. The van der Waals surface area contributed by atoms with Gasteiger partial charge in [-0.2, -0.15) is 8.42 Å². The number of nitrogens with zero attached hydrogens (tertiary/aromatic N) is 5. The summed E-state index contributed by atoms with van der Waals surface area (Å²) in [4.78, 5) is 53.0. The molecule has 3 aromatic carbocycles. The van der Waals surface area contributed by atoms with Crippen LogP contribution in [0.5, 0.6) is 11.5 Å². The lowest BCUT2D eigenvalue weighted by atomic mass is 9.86. The molecular formula is C37H40F3N7O9S. The highest BCUT2D eigenvalue weighted by atomic mass is 32.2. The summed E-state index contributed by atoms with van der Waals surface area (Å²) >= 11 is 0. The number of halogens is 3. The lowest BCUT2D eigenvalue weighted by Crippen LogP contribution is -2.52. The molecule has 0 aliphatic carbocycles. The maximum Gasteiger partial charge on any atom is 0.329 e. The van der Waals surface area contributed by atoms with Crippen molar-refractivity contribution in [3.63, 3.8) is 0 Å². The van der Waals surface area contributed by atoms with Crippen LogP contribution in [0.1, 0.15) is 49.6 Å². The Hall–Kier alpha value is -5.34. The number of carbonyl (C=O) groups excluding carboxylic acids is 3. The first-order valence-electron chi connectivity index (χ1n) is 18.5. The number of phenols is 1. The molecular weight excluding hydrogens is 776 g/mol. The molecule has 4 aromatic rings. The third-order valence-corrected chi connectivity index (χ3v) is 12.8. The third-order valence-electron chi connectivity index (χ3n) is 11.4. The number of piperidine rings is 3. The van der Waals surface area contributed by atoms with E-state index in [0.29, 0.717) is 46.8 Å². The van der Waals surface area contributed by atoms with E-state index in [1.54, 1.807) is 33.9 Å². The number of carbonyl (C=O) groups is 3. The van der Waals surface area contributed by atoms with Crippen LogP contribution in [0.2, 0.25) is 0 Å². The van der Waals surface area contributed by atoms with E-state index in [0.717, 1.165) is 0 Å². The molecule has 16 nitrogen and oxygen atoms in total. The Balaban J connectivity index is 0.878.